The lowest BCUT2D eigenvalue weighted by atomic mass is 9.93. The zero-order valence-electron chi connectivity index (χ0n) is 11.0. The summed E-state index contributed by atoms with van der Waals surface area (Å²) < 4.78 is 5.82. The first-order valence-electron chi connectivity index (χ1n) is 6.81. The Balaban J connectivity index is 1.81. The third-order valence-electron chi connectivity index (χ3n) is 5.37. The van der Waals surface area contributed by atoms with Gasteiger partial charge in [0.15, 0.2) is 0 Å². The van der Waals surface area contributed by atoms with Gasteiger partial charge in [-0.2, -0.15) is 0 Å². The van der Waals surface area contributed by atoms with Crippen molar-refractivity contribution in [3.05, 3.63) is 11.6 Å². The van der Waals surface area contributed by atoms with Crippen LogP contribution in [-0.4, -0.2) is 18.0 Å². The number of allylic oxidation sites excluding steroid dienone is 2. The number of rotatable bonds is 1. The number of fused-ring (bicyclic) bond motifs is 2. The summed E-state index contributed by atoms with van der Waals surface area (Å²) in [6, 6.07) is 0. The minimum Gasteiger partial charge on any atom is -0.366 e. The molecule has 0 aromatic rings. The first-order valence-corrected chi connectivity index (χ1v) is 6.81. The van der Waals surface area contributed by atoms with Gasteiger partial charge in [-0.3, -0.25) is 4.79 Å². The number of ether oxygens (including phenoxy) is 1. The number of hydrogen-bond donors (Lipinski definition) is 0. The summed E-state index contributed by atoms with van der Waals surface area (Å²) in [6.07, 6.45) is 8.02. The van der Waals surface area contributed by atoms with Gasteiger partial charge in [-0.05, 0) is 55.4 Å². The Morgan fingerprint density at radius 3 is 2.82 bits per heavy atom. The van der Waals surface area contributed by atoms with Crippen LogP contribution in [0.5, 0.6) is 0 Å². The Morgan fingerprint density at radius 1 is 1.35 bits per heavy atom. The van der Waals surface area contributed by atoms with Crippen LogP contribution in [0.4, 0.5) is 0 Å². The van der Waals surface area contributed by atoms with Crippen LogP contribution < -0.4 is 0 Å². The number of carbonyl (C=O) groups excluding carboxylic acids is 1. The van der Waals surface area contributed by atoms with Crippen molar-refractivity contribution in [1.82, 2.24) is 0 Å². The first-order chi connectivity index (χ1) is 7.97. The van der Waals surface area contributed by atoms with E-state index in [-0.39, 0.29) is 5.60 Å². The highest BCUT2D eigenvalue weighted by Gasteiger charge is 2.59. The molecule has 3 rings (SSSR count). The molecule has 2 aliphatic carbocycles. The summed E-state index contributed by atoms with van der Waals surface area (Å²) in [5, 5.41) is 0. The Morgan fingerprint density at radius 2 is 2.12 bits per heavy atom. The van der Waals surface area contributed by atoms with Crippen LogP contribution in [-0.2, 0) is 9.53 Å². The molecule has 1 saturated heterocycles. The molecule has 17 heavy (non-hydrogen) atoms. The molecule has 2 fully saturated rings. The molecule has 0 aromatic heterocycles. The fourth-order valence-corrected chi connectivity index (χ4v) is 3.70. The van der Waals surface area contributed by atoms with Gasteiger partial charge in [0.2, 0.25) is 0 Å². The van der Waals surface area contributed by atoms with Crippen molar-refractivity contribution in [3.8, 4) is 0 Å². The summed E-state index contributed by atoms with van der Waals surface area (Å²) in [4.78, 5) is 11.1. The maximum absolute atomic E-state index is 11.1. The van der Waals surface area contributed by atoms with E-state index in [0.29, 0.717) is 17.4 Å². The van der Waals surface area contributed by atoms with E-state index in [2.05, 4.69) is 26.8 Å². The van der Waals surface area contributed by atoms with Crippen LogP contribution in [0.2, 0.25) is 0 Å². The molecular weight excluding hydrogens is 212 g/mol. The van der Waals surface area contributed by atoms with Gasteiger partial charge in [-0.15, -0.1) is 0 Å². The third kappa shape index (κ3) is 1.77. The highest BCUT2D eigenvalue weighted by molar-refractivity contribution is 5.73. The van der Waals surface area contributed by atoms with Gasteiger partial charge >= 0.3 is 0 Å². The average Bonchev–Trinajstić information content (AvgIpc) is 3.07. The molecule has 0 bridgehead atoms. The molecular formula is C15H22O2. The summed E-state index contributed by atoms with van der Waals surface area (Å²) >= 11 is 0. The summed E-state index contributed by atoms with van der Waals surface area (Å²) in [5.74, 6) is 1.36. The minimum absolute atomic E-state index is 0.120. The maximum Gasteiger partial charge on any atom is 0.145 e. The lowest BCUT2D eigenvalue weighted by molar-refractivity contribution is -0.105. The number of hydrogen-bond acceptors (Lipinski definition) is 2. The smallest absolute Gasteiger partial charge is 0.145 e. The number of carbonyl (C=O) groups is 1. The van der Waals surface area contributed by atoms with Gasteiger partial charge in [0.05, 0.1) is 11.7 Å². The lowest BCUT2D eigenvalue weighted by Crippen LogP contribution is -2.11. The van der Waals surface area contributed by atoms with Gasteiger partial charge in [-0.25, -0.2) is 0 Å². The van der Waals surface area contributed by atoms with Gasteiger partial charge in [0.25, 0.3) is 0 Å². The van der Waals surface area contributed by atoms with Crippen LogP contribution in [0.25, 0.3) is 0 Å². The van der Waals surface area contributed by atoms with Crippen LogP contribution in [0.15, 0.2) is 11.6 Å². The summed E-state index contributed by atoms with van der Waals surface area (Å²) in [6.45, 7) is 6.88. The Kier molecular flexibility index (Phi) is 2.32. The van der Waals surface area contributed by atoms with E-state index in [1.807, 2.05) is 0 Å². The van der Waals surface area contributed by atoms with Crippen molar-refractivity contribution >= 4 is 6.29 Å². The predicted octanol–water partition coefficient (Wildman–Crippen LogP) is 3.12. The Bertz CT molecular complexity index is 382. The lowest BCUT2D eigenvalue weighted by Gasteiger charge is -2.08. The Hall–Kier alpha value is -0.630. The standard InChI is InChI=1S/C15H22O2/c1-14(2)11-6-7-15(3)13(17-15)5-4-10(9-16)8-12(11)14/h8-9,11-13H,4-7H2,1-3H3/t11-,12+,13-,15-/m1/s1. The molecule has 3 aliphatic rings. The van der Waals surface area contributed by atoms with Crippen molar-refractivity contribution in [1.29, 1.82) is 0 Å². The van der Waals surface area contributed by atoms with Crippen molar-refractivity contribution in [2.24, 2.45) is 17.3 Å². The van der Waals surface area contributed by atoms with Gasteiger partial charge in [-0.1, -0.05) is 19.9 Å². The van der Waals surface area contributed by atoms with Crippen LogP contribution in [0.3, 0.4) is 0 Å². The van der Waals surface area contributed by atoms with Crippen LogP contribution in [0.1, 0.15) is 46.5 Å². The van der Waals surface area contributed by atoms with Gasteiger partial charge in [0.1, 0.15) is 6.29 Å². The minimum atomic E-state index is 0.120. The van der Waals surface area contributed by atoms with Gasteiger partial charge < -0.3 is 4.74 Å². The molecule has 0 amide bonds. The molecule has 0 unspecified atom stereocenters. The monoisotopic (exact) mass is 234 g/mol. The average molecular weight is 234 g/mol. The molecule has 0 radical (unpaired) electrons. The molecule has 1 heterocycles. The maximum atomic E-state index is 11.1. The van der Waals surface area contributed by atoms with E-state index in [9.17, 15) is 4.79 Å². The fourth-order valence-electron chi connectivity index (χ4n) is 3.70. The predicted molar refractivity (Wildman–Crippen MR) is 66.7 cm³/mol. The highest BCUT2D eigenvalue weighted by atomic mass is 16.6. The van der Waals surface area contributed by atoms with Crippen molar-refractivity contribution in [2.45, 2.75) is 58.2 Å². The van der Waals surface area contributed by atoms with E-state index in [4.69, 9.17) is 4.74 Å². The molecule has 0 aromatic carbocycles. The van der Waals surface area contributed by atoms with Gasteiger partial charge in [0, 0.05) is 0 Å². The topological polar surface area (TPSA) is 29.6 Å². The molecule has 2 heteroatoms. The second-order valence-corrected chi connectivity index (χ2v) is 6.81. The molecule has 4 atom stereocenters. The quantitative estimate of drug-likeness (QED) is 0.515. The van der Waals surface area contributed by atoms with E-state index >= 15 is 0 Å². The second-order valence-electron chi connectivity index (χ2n) is 6.81. The molecule has 94 valence electrons. The molecule has 0 N–H and O–H groups in total. The zero-order valence-corrected chi connectivity index (χ0v) is 11.0. The molecule has 1 aliphatic heterocycles. The number of epoxide rings is 1. The number of aldehydes is 1. The van der Waals surface area contributed by atoms with Crippen LogP contribution >= 0.6 is 0 Å². The summed E-state index contributed by atoms with van der Waals surface area (Å²) in [7, 11) is 0. The van der Waals surface area contributed by atoms with E-state index in [1.54, 1.807) is 0 Å². The van der Waals surface area contributed by atoms with E-state index < -0.39 is 0 Å². The second kappa shape index (κ2) is 3.44. The highest BCUT2D eigenvalue weighted by Crippen LogP contribution is 2.63. The fraction of sp³-hybridized carbons (Fsp3) is 0.800. The zero-order chi connectivity index (χ0) is 12.3. The van der Waals surface area contributed by atoms with Crippen molar-refractivity contribution in [3.63, 3.8) is 0 Å². The normalized spacial score (nSPS) is 47.2. The van der Waals surface area contributed by atoms with E-state index in [1.165, 1.54) is 12.8 Å². The SMILES string of the molecule is CC1(C)[C@@H]2CC[C@@]3(C)O[C@@H]3CCC(C=O)=C[C@@H]21. The van der Waals surface area contributed by atoms with E-state index in [0.717, 1.165) is 30.6 Å². The Labute approximate surface area is 103 Å². The summed E-state index contributed by atoms with van der Waals surface area (Å²) in [5.41, 5.74) is 1.50. The third-order valence-corrected chi connectivity index (χ3v) is 5.37. The molecule has 0 spiro atoms. The molecule has 1 saturated carbocycles. The van der Waals surface area contributed by atoms with Crippen molar-refractivity contribution < 1.29 is 9.53 Å². The first kappa shape index (κ1) is 11.5. The largest absolute Gasteiger partial charge is 0.366 e. The van der Waals surface area contributed by atoms with Crippen LogP contribution in [0, 0.1) is 17.3 Å². The van der Waals surface area contributed by atoms with Crippen molar-refractivity contribution in [2.75, 3.05) is 0 Å². The molecule has 2 nitrogen and oxygen atoms in total.